The molecule has 9 heteroatoms. The molecule has 0 aromatic heterocycles. The van der Waals surface area contributed by atoms with Gasteiger partial charge in [-0.1, -0.05) is 35.3 Å². The first-order valence-corrected chi connectivity index (χ1v) is 9.77. The molecule has 0 heterocycles. The van der Waals surface area contributed by atoms with E-state index in [4.69, 9.17) is 27.9 Å². The van der Waals surface area contributed by atoms with Crippen LogP contribution in [0, 0.1) is 6.92 Å². The van der Waals surface area contributed by atoms with Gasteiger partial charge in [-0.2, -0.15) is 0 Å². The Bertz CT molecular complexity index is 905. The van der Waals surface area contributed by atoms with E-state index in [-0.39, 0.29) is 18.7 Å². The van der Waals surface area contributed by atoms with E-state index < -0.39 is 18.5 Å². The number of halogens is 3. The number of nitrogens with one attached hydrogen (secondary N) is 2. The number of ether oxygens (including phenoxy) is 1. The van der Waals surface area contributed by atoms with Crippen molar-refractivity contribution >= 4 is 68.3 Å². The van der Waals surface area contributed by atoms with Gasteiger partial charge in [0.25, 0.3) is 5.91 Å². The van der Waals surface area contributed by atoms with Gasteiger partial charge < -0.3 is 15.4 Å². The molecule has 0 aliphatic rings. The van der Waals surface area contributed by atoms with E-state index >= 15 is 0 Å². The molecular weight excluding hydrogens is 471 g/mol. The van der Waals surface area contributed by atoms with E-state index in [1.165, 1.54) is 0 Å². The molecule has 0 radical (unpaired) electrons. The third-order valence-electron chi connectivity index (χ3n) is 3.68. The normalized spacial score (nSPS) is 10.3. The van der Waals surface area contributed by atoms with E-state index in [0.29, 0.717) is 31.5 Å². The summed E-state index contributed by atoms with van der Waals surface area (Å²) in [7, 11) is 0. The summed E-state index contributed by atoms with van der Waals surface area (Å²) in [5.41, 5.74) is 1.67. The molecule has 0 saturated carbocycles. The van der Waals surface area contributed by atoms with Crippen molar-refractivity contribution in [3.05, 3.63) is 56.5 Å². The van der Waals surface area contributed by atoms with Gasteiger partial charge in [0.2, 0.25) is 5.91 Å². The van der Waals surface area contributed by atoms with E-state index in [1.807, 2.05) is 0 Å². The quantitative estimate of drug-likeness (QED) is 0.540. The van der Waals surface area contributed by atoms with Gasteiger partial charge in [-0.3, -0.25) is 14.4 Å². The summed E-state index contributed by atoms with van der Waals surface area (Å²) in [5, 5.41) is 6.11. The van der Waals surface area contributed by atoms with Crippen LogP contribution in [-0.4, -0.2) is 24.4 Å². The van der Waals surface area contributed by atoms with Gasteiger partial charge >= 0.3 is 5.97 Å². The topological polar surface area (TPSA) is 84.5 Å². The van der Waals surface area contributed by atoms with Gasteiger partial charge in [0.1, 0.15) is 0 Å². The Morgan fingerprint density at radius 1 is 0.964 bits per heavy atom. The molecule has 2 rings (SSSR count). The zero-order chi connectivity index (χ0) is 20.7. The number of hydrogen-bond acceptors (Lipinski definition) is 4. The second-order valence-electron chi connectivity index (χ2n) is 5.77. The molecular formula is C19H17BrCl2N2O4. The van der Waals surface area contributed by atoms with E-state index in [0.717, 1.165) is 0 Å². The van der Waals surface area contributed by atoms with Crippen molar-refractivity contribution in [2.45, 2.75) is 19.8 Å². The van der Waals surface area contributed by atoms with Crippen molar-refractivity contribution in [2.75, 3.05) is 17.2 Å². The number of carbonyl (C=O) groups is 3. The first-order chi connectivity index (χ1) is 13.3. The number of rotatable bonds is 7. The number of amides is 2. The number of hydrogen-bond donors (Lipinski definition) is 2. The number of para-hydroxylation sites is 1. The second-order valence-corrected chi connectivity index (χ2v) is 7.41. The molecule has 6 nitrogen and oxygen atoms in total. The lowest BCUT2D eigenvalue weighted by atomic mass is 10.2. The molecule has 28 heavy (non-hydrogen) atoms. The Morgan fingerprint density at radius 3 is 2.36 bits per heavy atom. The summed E-state index contributed by atoms with van der Waals surface area (Å²) in [6, 6.07) is 10.2. The molecule has 0 aliphatic carbocycles. The van der Waals surface area contributed by atoms with Crippen LogP contribution < -0.4 is 10.6 Å². The standard InChI is InChI=1S/C19H17BrCl2N2O4/c1-11-14(7-6-12(20)19(11)22)23-17(26)10-28-18(27)9-8-16(25)24-15-5-3-2-4-13(15)21/h2-7H,8-10H2,1H3,(H,23,26)(H,24,25). The van der Waals surface area contributed by atoms with Crippen LogP contribution in [0.1, 0.15) is 18.4 Å². The summed E-state index contributed by atoms with van der Waals surface area (Å²) >= 11 is 15.3. The van der Waals surface area contributed by atoms with Crippen molar-refractivity contribution in [1.82, 2.24) is 0 Å². The van der Waals surface area contributed by atoms with Crippen molar-refractivity contribution < 1.29 is 19.1 Å². The second kappa shape index (κ2) is 10.5. The minimum atomic E-state index is -0.657. The maximum atomic E-state index is 11.9. The minimum absolute atomic E-state index is 0.0902. The van der Waals surface area contributed by atoms with Gasteiger partial charge in [0.05, 0.1) is 22.2 Å². The van der Waals surface area contributed by atoms with Crippen LogP contribution in [0.5, 0.6) is 0 Å². The summed E-state index contributed by atoms with van der Waals surface area (Å²) in [4.78, 5) is 35.6. The highest BCUT2D eigenvalue weighted by molar-refractivity contribution is 9.10. The molecule has 2 aromatic carbocycles. The van der Waals surface area contributed by atoms with Crippen LogP contribution in [0.2, 0.25) is 10.0 Å². The van der Waals surface area contributed by atoms with Crippen LogP contribution in [0.15, 0.2) is 40.9 Å². The summed E-state index contributed by atoms with van der Waals surface area (Å²) in [5.74, 6) is -1.54. The lowest BCUT2D eigenvalue weighted by Gasteiger charge is -2.11. The lowest BCUT2D eigenvalue weighted by Crippen LogP contribution is -2.22. The predicted octanol–water partition coefficient (Wildman–Crippen LogP) is 4.96. The zero-order valence-corrected chi connectivity index (χ0v) is 18.0. The van der Waals surface area contributed by atoms with E-state index in [2.05, 4.69) is 26.6 Å². The monoisotopic (exact) mass is 486 g/mol. The van der Waals surface area contributed by atoms with Crippen LogP contribution in [-0.2, 0) is 19.1 Å². The number of esters is 1. The Kier molecular flexibility index (Phi) is 8.29. The fourth-order valence-electron chi connectivity index (χ4n) is 2.18. The molecule has 0 atom stereocenters. The van der Waals surface area contributed by atoms with Crippen LogP contribution >= 0.6 is 39.1 Å². The van der Waals surface area contributed by atoms with Crippen molar-refractivity contribution in [2.24, 2.45) is 0 Å². The molecule has 0 unspecified atom stereocenters. The first-order valence-electron chi connectivity index (χ1n) is 8.22. The lowest BCUT2D eigenvalue weighted by molar-refractivity contribution is -0.147. The van der Waals surface area contributed by atoms with Crippen LogP contribution in [0.3, 0.4) is 0 Å². The summed E-state index contributed by atoms with van der Waals surface area (Å²) < 4.78 is 5.61. The fraction of sp³-hybridized carbons (Fsp3) is 0.211. The van der Waals surface area contributed by atoms with Crippen LogP contribution in [0.25, 0.3) is 0 Å². The average Bonchev–Trinajstić information content (AvgIpc) is 2.67. The molecule has 148 valence electrons. The summed E-state index contributed by atoms with van der Waals surface area (Å²) in [6.07, 6.45) is -0.250. The third-order valence-corrected chi connectivity index (χ3v) is 5.39. The first kappa shape index (κ1) is 22.2. The Morgan fingerprint density at radius 2 is 1.64 bits per heavy atom. The van der Waals surface area contributed by atoms with Crippen LogP contribution in [0.4, 0.5) is 11.4 Å². The third kappa shape index (κ3) is 6.51. The molecule has 0 fully saturated rings. The fourth-order valence-corrected chi connectivity index (χ4v) is 2.96. The van der Waals surface area contributed by atoms with Gasteiger partial charge in [-0.15, -0.1) is 0 Å². The number of anilines is 2. The number of carbonyl (C=O) groups excluding carboxylic acids is 3. The maximum absolute atomic E-state index is 11.9. The van der Waals surface area contributed by atoms with Crippen molar-refractivity contribution in [1.29, 1.82) is 0 Å². The van der Waals surface area contributed by atoms with Gasteiger partial charge in [-0.05, 0) is 52.7 Å². The van der Waals surface area contributed by atoms with Gasteiger partial charge in [0, 0.05) is 16.6 Å². The summed E-state index contributed by atoms with van der Waals surface area (Å²) in [6.45, 7) is 1.30. The Labute approximate surface area is 180 Å². The zero-order valence-electron chi connectivity index (χ0n) is 14.9. The molecule has 0 bridgehead atoms. The Hall–Kier alpha value is -2.09. The molecule has 2 N–H and O–H groups in total. The van der Waals surface area contributed by atoms with E-state index in [9.17, 15) is 14.4 Å². The van der Waals surface area contributed by atoms with Crippen molar-refractivity contribution in [3.63, 3.8) is 0 Å². The minimum Gasteiger partial charge on any atom is -0.456 e. The highest BCUT2D eigenvalue weighted by Crippen LogP contribution is 2.30. The SMILES string of the molecule is Cc1c(NC(=O)COC(=O)CCC(=O)Nc2ccccc2Cl)ccc(Br)c1Cl. The number of benzene rings is 2. The Balaban J connectivity index is 1.75. The predicted molar refractivity (Wildman–Crippen MR) is 113 cm³/mol. The highest BCUT2D eigenvalue weighted by atomic mass is 79.9. The average molecular weight is 488 g/mol. The molecule has 0 saturated heterocycles. The maximum Gasteiger partial charge on any atom is 0.306 e. The molecule has 2 aromatic rings. The van der Waals surface area contributed by atoms with Crippen molar-refractivity contribution in [3.8, 4) is 0 Å². The molecule has 0 spiro atoms. The highest BCUT2D eigenvalue weighted by Gasteiger charge is 2.13. The molecule has 0 aliphatic heterocycles. The molecule has 2 amide bonds. The van der Waals surface area contributed by atoms with E-state index in [1.54, 1.807) is 43.3 Å². The van der Waals surface area contributed by atoms with Gasteiger partial charge in [-0.25, -0.2) is 0 Å². The smallest absolute Gasteiger partial charge is 0.306 e. The van der Waals surface area contributed by atoms with Gasteiger partial charge in [0.15, 0.2) is 6.61 Å². The largest absolute Gasteiger partial charge is 0.456 e.